The highest BCUT2D eigenvalue weighted by atomic mass is 35.5. The van der Waals surface area contributed by atoms with E-state index in [1.54, 1.807) is 24.3 Å². The number of anilines is 1. The van der Waals surface area contributed by atoms with Crippen LogP contribution in [0.1, 0.15) is 23.6 Å². The van der Waals surface area contributed by atoms with Crippen molar-refractivity contribution in [2.75, 3.05) is 11.9 Å². The Morgan fingerprint density at radius 2 is 1.81 bits per heavy atom. The van der Waals surface area contributed by atoms with Gasteiger partial charge in [-0.2, -0.15) is 5.10 Å². The van der Waals surface area contributed by atoms with Crippen LogP contribution in [0.5, 0.6) is 11.5 Å². The number of amides is 2. The first-order valence-corrected chi connectivity index (χ1v) is 10.7. The van der Waals surface area contributed by atoms with Gasteiger partial charge in [-0.1, -0.05) is 47.5 Å². The molecular weight excluding hydrogens is 449 g/mol. The number of halogens is 2. The largest absolute Gasteiger partial charge is 0.490 e. The summed E-state index contributed by atoms with van der Waals surface area (Å²) in [6.07, 6.45) is 1.53. The van der Waals surface area contributed by atoms with E-state index in [1.807, 2.05) is 50.2 Å². The van der Waals surface area contributed by atoms with Crippen molar-refractivity contribution in [1.29, 1.82) is 0 Å². The van der Waals surface area contributed by atoms with Crippen molar-refractivity contribution in [1.82, 2.24) is 5.43 Å². The molecule has 0 atom stereocenters. The Kier molecular flexibility index (Phi) is 8.36. The van der Waals surface area contributed by atoms with E-state index < -0.39 is 6.03 Å². The molecule has 2 amide bonds. The summed E-state index contributed by atoms with van der Waals surface area (Å²) >= 11 is 12.0. The van der Waals surface area contributed by atoms with Gasteiger partial charge in [-0.25, -0.2) is 10.2 Å². The van der Waals surface area contributed by atoms with E-state index in [1.165, 1.54) is 6.21 Å². The lowest BCUT2D eigenvalue weighted by Gasteiger charge is -2.13. The summed E-state index contributed by atoms with van der Waals surface area (Å²) in [4.78, 5) is 12.0. The van der Waals surface area contributed by atoms with Crippen LogP contribution < -0.4 is 20.2 Å². The number of urea groups is 1. The first-order chi connectivity index (χ1) is 15.5. The number of carbonyl (C=O) groups is 1. The average molecular weight is 472 g/mol. The minimum atomic E-state index is -0.429. The van der Waals surface area contributed by atoms with Crippen molar-refractivity contribution < 1.29 is 14.3 Å². The Balaban J connectivity index is 1.62. The molecule has 0 aliphatic heterocycles. The van der Waals surface area contributed by atoms with Gasteiger partial charge in [0.05, 0.1) is 22.9 Å². The molecular formula is C24H23Cl2N3O3. The van der Waals surface area contributed by atoms with Gasteiger partial charge in [-0.3, -0.25) is 0 Å². The van der Waals surface area contributed by atoms with E-state index >= 15 is 0 Å². The molecule has 0 heterocycles. The molecule has 0 aliphatic carbocycles. The zero-order chi connectivity index (χ0) is 22.9. The van der Waals surface area contributed by atoms with Crippen molar-refractivity contribution in [3.8, 4) is 11.5 Å². The van der Waals surface area contributed by atoms with Gasteiger partial charge in [0, 0.05) is 5.69 Å². The number of nitrogens with one attached hydrogen (secondary N) is 2. The molecule has 0 saturated heterocycles. The second-order valence-electron chi connectivity index (χ2n) is 6.82. The van der Waals surface area contributed by atoms with Gasteiger partial charge in [0.2, 0.25) is 0 Å². The lowest BCUT2D eigenvalue weighted by atomic mass is 10.2. The van der Waals surface area contributed by atoms with Crippen LogP contribution in [-0.2, 0) is 6.61 Å². The summed E-state index contributed by atoms with van der Waals surface area (Å²) in [5, 5.41) is 7.72. The maximum Gasteiger partial charge on any atom is 0.339 e. The van der Waals surface area contributed by atoms with Gasteiger partial charge in [-0.15, -0.1) is 0 Å². The van der Waals surface area contributed by atoms with Crippen LogP contribution in [0, 0.1) is 6.92 Å². The SMILES string of the molecule is CCOc1cc(C=NNC(=O)Nc2ccccc2C)ccc1OCc1ccc(Cl)c(Cl)c1. The molecule has 0 radical (unpaired) electrons. The summed E-state index contributed by atoms with van der Waals surface area (Å²) in [6.45, 7) is 4.59. The Morgan fingerprint density at radius 3 is 2.56 bits per heavy atom. The molecule has 0 bridgehead atoms. The monoisotopic (exact) mass is 471 g/mol. The summed E-state index contributed by atoms with van der Waals surface area (Å²) in [5.41, 5.74) is 5.77. The van der Waals surface area contributed by atoms with Crippen LogP contribution in [0.15, 0.2) is 65.8 Å². The zero-order valence-electron chi connectivity index (χ0n) is 17.7. The Labute approximate surface area is 197 Å². The quantitative estimate of drug-likeness (QED) is 0.293. The van der Waals surface area contributed by atoms with Crippen LogP contribution in [0.3, 0.4) is 0 Å². The highest BCUT2D eigenvalue weighted by Crippen LogP contribution is 2.30. The van der Waals surface area contributed by atoms with Crippen LogP contribution in [0.4, 0.5) is 10.5 Å². The molecule has 3 rings (SSSR count). The Morgan fingerprint density at radius 1 is 1.00 bits per heavy atom. The molecule has 2 N–H and O–H groups in total. The topological polar surface area (TPSA) is 72.0 Å². The first-order valence-electron chi connectivity index (χ1n) is 9.95. The van der Waals surface area contributed by atoms with Gasteiger partial charge < -0.3 is 14.8 Å². The molecule has 166 valence electrons. The average Bonchev–Trinajstić information content (AvgIpc) is 2.77. The number of carbonyl (C=O) groups excluding carboxylic acids is 1. The number of benzene rings is 3. The van der Waals surface area contributed by atoms with Gasteiger partial charge >= 0.3 is 6.03 Å². The summed E-state index contributed by atoms with van der Waals surface area (Å²) in [5.74, 6) is 1.15. The number of para-hydroxylation sites is 1. The van der Waals surface area contributed by atoms with E-state index in [0.717, 1.165) is 22.4 Å². The summed E-state index contributed by atoms with van der Waals surface area (Å²) < 4.78 is 11.6. The zero-order valence-corrected chi connectivity index (χ0v) is 19.2. The molecule has 0 aliphatic rings. The molecule has 3 aromatic rings. The fraction of sp³-hybridized carbons (Fsp3) is 0.167. The molecule has 0 spiro atoms. The number of ether oxygens (including phenoxy) is 2. The molecule has 3 aromatic carbocycles. The van der Waals surface area contributed by atoms with Gasteiger partial charge in [-0.05, 0) is 66.9 Å². The fourth-order valence-corrected chi connectivity index (χ4v) is 3.13. The van der Waals surface area contributed by atoms with E-state index in [0.29, 0.717) is 34.8 Å². The third-order valence-corrected chi connectivity index (χ3v) is 5.16. The maximum atomic E-state index is 12.0. The standard InChI is InChI=1S/C24H23Cl2N3O3/c1-3-31-23-13-17(14-27-29-24(30)28-21-7-5-4-6-16(21)2)9-11-22(23)32-15-18-8-10-19(25)20(26)12-18/h4-14H,3,15H2,1-2H3,(H2,28,29,30). The van der Waals surface area contributed by atoms with E-state index in [2.05, 4.69) is 15.8 Å². The minimum Gasteiger partial charge on any atom is -0.490 e. The number of hydrogen-bond acceptors (Lipinski definition) is 4. The second-order valence-corrected chi connectivity index (χ2v) is 7.63. The molecule has 0 saturated carbocycles. The van der Waals surface area contributed by atoms with E-state index in [-0.39, 0.29) is 0 Å². The second kappa shape index (κ2) is 11.4. The van der Waals surface area contributed by atoms with E-state index in [9.17, 15) is 4.79 Å². The van der Waals surface area contributed by atoms with Gasteiger partial charge in [0.1, 0.15) is 6.61 Å². The number of rotatable bonds is 8. The van der Waals surface area contributed by atoms with Crippen molar-refractivity contribution >= 4 is 41.1 Å². The lowest BCUT2D eigenvalue weighted by molar-refractivity contribution is 0.252. The normalized spacial score (nSPS) is 10.8. The third kappa shape index (κ3) is 6.64. The van der Waals surface area contributed by atoms with Gasteiger partial charge in [0.25, 0.3) is 0 Å². The number of nitrogens with zero attached hydrogens (tertiary/aromatic N) is 1. The molecule has 0 aromatic heterocycles. The van der Waals surface area contributed by atoms with Crippen LogP contribution in [-0.4, -0.2) is 18.9 Å². The molecule has 6 nitrogen and oxygen atoms in total. The first kappa shape index (κ1) is 23.4. The highest BCUT2D eigenvalue weighted by Gasteiger charge is 2.08. The van der Waals surface area contributed by atoms with Crippen LogP contribution in [0.25, 0.3) is 0 Å². The third-order valence-electron chi connectivity index (χ3n) is 4.42. The van der Waals surface area contributed by atoms with E-state index in [4.69, 9.17) is 32.7 Å². The maximum absolute atomic E-state index is 12.0. The minimum absolute atomic E-state index is 0.311. The van der Waals surface area contributed by atoms with Crippen LogP contribution in [0.2, 0.25) is 10.0 Å². The Hall–Kier alpha value is -3.22. The van der Waals surface area contributed by atoms with Crippen molar-refractivity contribution in [3.05, 3.63) is 87.4 Å². The molecule has 32 heavy (non-hydrogen) atoms. The molecule has 0 fully saturated rings. The molecule has 8 heteroatoms. The van der Waals surface area contributed by atoms with Crippen LogP contribution >= 0.6 is 23.2 Å². The number of hydrazone groups is 1. The summed E-state index contributed by atoms with van der Waals surface area (Å²) in [6, 6.07) is 17.8. The predicted octanol–water partition coefficient (Wildman–Crippen LogP) is 6.44. The van der Waals surface area contributed by atoms with Crippen molar-refractivity contribution in [2.24, 2.45) is 5.10 Å². The van der Waals surface area contributed by atoms with Crippen molar-refractivity contribution in [2.45, 2.75) is 20.5 Å². The predicted molar refractivity (Wildman–Crippen MR) is 129 cm³/mol. The summed E-state index contributed by atoms with van der Waals surface area (Å²) in [7, 11) is 0. The number of aryl methyl sites for hydroxylation is 1. The molecule has 0 unspecified atom stereocenters. The fourth-order valence-electron chi connectivity index (χ4n) is 2.81. The van der Waals surface area contributed by atoms with Gasteiger partial charge in [0.15, 0.2) is 11.5 Å². The smallest absolute Gasteiger partial charge is 0.339 e. The number of hydrogen-bond donors (Lipinski definition) is 2. The van der Waals surface area contributed by atoms with Crippen molar-refractivity contribution in [3.63, 3.8) is 0 Å². The Bertz CT molecular complexity index is 1120. The highest BCUT2D eigenvalue weighted by molar-refractivity contribution is 6.42. The lowest BCUT2D eigenvalue weighted by Crippen LogP contribution is -2.24.